The minimum Gasteiger partial charge on any atom is -0.329 e. The van der Waals surface area contributed by atoms with Crippen LogP contribution in [-0.2, 0) is 12.4 Å². The van der Waals surface area contributed by atoms with E-state index in [-0.39, 0.29) is 0 Å². The topological polar surface area (TPSA) is 50.4 Å². The van der Waals surface area contributed by atoms with Crippen LogP contribution in [0.3, 0.4) is 0 Å². The quantitative estimate of drug-likeness (QED) is 0.486. The van der Waals surface area contributed by atoms with Crippen molar-refractivity contribution in [3.8, 4) is 0 Å². The molecule has 0 spiro atoms. The predicted molar refractivity (Wildman–Crippen MR) is 36.6 cm³/mol. The Hall–Kier alpha value is -0.0600. The summed E-state index contributed by atoms with van der Waals surface area (Å²) in [7, 11) is 0. The van der Waals surface area contributed by atoms with Gasteiger partial charge in [-0.25, -0.2) is 4.36 Å². The van der Waals surface area contributed by atoms with Gasteiger partial charge in [-0.3, -0.25) is 0 Å². The fourth-order valence-electron chi connectivity index (χ4n) is 0.352. The third-order valence-corrected chi connectivity index (χ3v) is 0.884. The van der Waals surface area contributed by atoms with E-state index in [1.165, 1.54) is 0 Å². The lowest BCUT2D eigenvalue weighted by Crippen LogP contribution is -2.24. The summed E-state index contributed by atoms with van der Waals surface area (Å²) in [6.07, 6.45) is 0. The Balaban J connectivity index is 2.62. The zero-order chi connectivity index (χ0) is 6.24. The van der Waals surface area contributed by atoms with Gasteiger partial charge in [0, 0.05) is 32.1 Å². The van der Waals surface area contributed by atoms with Crippen molar-refractivity contribution in [3.63, 3.8) is 0 Å². The predicted octanol–water partition coefficient (Wildman–Crippen LogP) is -0.735. The van der Waals surface area contributed by atoms with Crippen LogP contribution in [0.4, 0.5) is 0 Å². The van der Waals surface area contributed by atoms with Crippen LogP contribution in [0.25, 0.3) is 0 Å². The van der Waals surface area contributed by atoms with Crippen LogP contribution in [0, 0.1) is 0 Å². The Bertz CT molecular complexity index is 57.2. The molecule has 0 bridgehead atoms. The number of hydrogen-bond donors (Lipinski definition) is 2. The lowest BCUT2D eigenvalue weighted by atomic mass is 10.6. The van der Waals surface area contributed by atoms with Gasteiger partial charge in [0.05, 0.1) is 6.54 Å². The summed E-state index contributed by atoms with van der Waals surface area (Å²) in [5, 5.41) is 3.05. The minimum atomic E-state index is 0.678. The molecule has 0 rings (SSSR count). The number of hydrogen-bond acceptors (Lipinski definition) is 4. The molecular formula is C4H11N3S. The van der Waals surface area contributed by atoms with Crippen molar-refractivity contribution in [2.45, 2.75) is 0 Å². The third kappa shape index (κ3) is 5.94. The molecule has 0 atom stereocenters. The first kappa shape index (κ1) is 7.94. The maximum atomic E-state index is 5.19. The molecule has 0 aliphatic rings. The summed E-state index contributed by atoms with van der Waals surface area (Å²) in [5.41, 5.74) is 5.19. The van der Waals surface area contributed by atoms with E-state index in [4.69, 9.17) is 5.73 Å². The van der Waals surface area contributed by atoms with E-state index in [0.29, 0.717) is 13.1 Å². The first-order valence-corrected chi connectivity index (χ1v) is 2.98. The number of nitrogens with two attached hydrogens (primary N) is 1. The molecule has 0 fully saturated rings. The van der Waals surface area contributed by atoms with E-state index in [0.717, 1.165) is 13.1 Å². The SMILES string of the molecule is NCCNCCN=S. The van der Waals surface area contributed by atoms with Crippen LogP contribution < -0.4 is 11.1 Å². The lowest BCUT2D eigenvalue weighted by molar-refractivity contribution is 0.699. The Morgan fingerprint density at radius 1 is 1.50 bits per heavy atom. The fraction of sp³-hybridized carbons (Fsp3) is 1.00. The first-order valence-electron chi connectivity index (χ1n) is 2.61. The van der Waals surface area contributed by atoms with Gasteiger partial charge in [-0.2, -0.15) is 0 Å². The second-order valence-corrected chi connectivity index (χ2v) is 1.65. The highest BCUT2D eigenvalue weighted by atomic mass is 32.1. The van der Waals surface area contributed by atoms with Gasteiger partial charge < -0.3 is 11.1 Å². The van der Waals surface area contributed by atoms with Gasteiger partial charge >= 0.3 is 0 Å². The van der Waals surface area contributed by atoms with Crippen LogP contribution in [0.5, 0.6) is 0 Å². The summed E-state index contributed by atoms with van der Waals surface area (Å²) in [6, 6.07) is 0. The molecule has 0 aromatic heterocycles. The summed E-state index contributed by atoms with van der Waals surface area (Å²) in [6.45, 7) is 3.08. The van der Waals surface area contributed by atoms with Crippen molar-refractivity contribution in [1.29, 1.82) is 0 Å². The first-order chi connectivity index (χ1) is 3.91. The number of rotatable bonds is 5. The summed E-state index contributed by atoms with van der Waals surface area (Å²) in [5.74, 6) is 0. The molecule has 0 saturated carbocycles. The van der Waals surface area contributed by atoms with E-state index in [2.05, 4.69) is 22.1 Å². The van der Waals surface area contributed by atoms with Crippen molar-refractivity contribution in [2.75, 3.05) is 26.2 Å². The minimum absolute atomic E-state index is 0.678. The number of nitrogens with zero attached hydrogens (tertiary/aromatic N) is 1. The van der Waals surface area contributed by atoms with Gasteiger partial charge in [-0.1, -0.05) is 0 Å². The molecule has 0 heterocycles. The molecule has 0 radical (unpaired) electrons. The third-order valence-electron chi connectivity index (χ3n) is 0.701. The van der Waals surface area contributed by atoms with E-state index in [1.54, 1.807) is 0 Å². The van der Waals surface area contributed by atoms with Crippen molar-refractivity contribution < 1.29 is 0 Å². The van der Waals surface area contributed by atoms with Crippen LogP contribution >= 0.6 is 0 Å². The Morgan fingerprint density at radius 3 is 2.75 bits per heavy atom. The van der Waals surface area contributed by atoms with Gasteiger partial charge in [0.1, 0.15) is 0 Å². The molecule has 0 aliphatic heterocycles. The van der Waals surface area contributed by atoms with E-state index in [9.17, 15) is 0 Å². The summed E-state index contributed by atoms with van der Waals surface area (Å²) >= 11 is 4.36. The van der Waals surface area contributed by atoms with E-state index in [1.807, 2.05) is 0 Å². The second kappa shape index (κ2) is 6.94. The summed E-state index contributed by atoms with van der Waals surface area (Å²) < 4.78 is 3.49. The molecule has 0 amide bonds. The van der Waals surface area contributed by atoms with Gasteiger partial charge in [0.25, 0.3) is 0 Å². The molecule has 0 aliphatic carbocycles. The van der Waals surface area contributed by atoms with Crippen molar-refractivity contribution in [1.82, 2.24) is 5.32 Å². The zero-order valence-electron chi connectivity index (χ0n) is 4.76. The van der Waals surface area contributed by atoms with Gasteiger partial charge in [-0.05, 0) is 0 Å². The van der Waals surface area contributed by atoms with Gasteiger partial charge in [-0.15, -0.1) is 0 Å². The van der Waals surface area contributed by atoms with Crippen molar-refractivity contribution >= 4 is 12.4 Å². The zero-order valence-corrected chi connectivity index (χ0v) is 5.58. The maximum absolute atomic E-state index is 5.19. The number of nitrogens with one attached hydrogen (secondary N) is 1. The molecule has 0 aromatic carbocycles. The fourth-order valence-corrected chi connectivity index (χ4v) is 0.443. The highest BCUT2D eigenvalue weighted by Gasteiger charge is 1.79. The van der Waals surface area contributed by atoms with Gasteiger partial charge in [0.2, 0.25) is 0 Å². The van der Waals surface area contributed by atoms with Crippen LogP contribution in [-0.4, -0.2) is 26.2 Å². The molecule has 0 aromatic rings. The molecular weight excluding hydrogens is 122 g/mol. The molecule has 4 heteroatoms. The maximum Gasteiger partial charge on any atom is 0.0645 e. The molecule has 0 unspecified atom stereocenters. The average Bonchev–Trinajstić information content (AvgIpc) is 1.81. The Labute approximate surface area is 54.8 Å². The van der Waals surface area contributed by atoms with Crippen LogP contribution in [0.1, 0.15) is 0 Å². The molecule has 0 saturated heterocycles. The summed E-state index contributed by atoms with van der Waals surface area (Å²) in [4.78, 5) is 0. The van der Waals surface area contributed by atoms with Crippen molar-refractivity contribution in [2.24, 2.45) is 10.1 Å². The Kier molecular flexibility index (Phi) is 6.89. The standard InChI is InChI=1S/C4H11N3S/c5-1-2-6-3-4-7-8/h6H,1-5H2. The molecule has 48 valence electrons. The molecule has 3 nitrogen and oxygen atoms in total. The van der Waals surface area contributed by atoms with Gasteiger partial charge in [0.15, 0.2) is 0 Å². The van der Waals surface area contributed by atoms with E-state index < -0.39 is 0 Å². The van der Waals surface area contributed by atoms with Crippen LogP contribution in [0.15, 0.2) is 4.36 Å². The highest BCUT2D eigenvalue weighted by molar-refractivity contribution is 7.47. The Morgan fingerprint density at radius 2 is 2.25 bits per heavy atom. The normalized spacial score (nSPS) is 9.12. The largest absolute Gasteiger partial charge is 0.329 e. The molecule has 8 heavy (non-hydrogen) atoms. The lowest BCUT2D eigenvalue weighted by Gasteiger charge is -1.95. The molecule has 3 N–H and O–H groups in total. The van der Waals surface area contributed by atoms with E-state index >= 15 is 0 Å². The second-order valence-electron chi connectivity index (χ2n) is 1.39. The average molecular weight is 133 g/mol. The van der Waals surface area contributed by atoms with Crippen LogP contribution in [0.2, 0.25) is 0 Å². The smallest absolute Gasteiger partial charge is 0.0645 e. The monoisotopic (exact) mass is 133 g/mol. The van der Waals surface area contributed by atoms with Crippen molar-refractivity contribution in [3.05, 3.63) is 0 Å². The highest BCUT2D eigenvalue weighted by Crippen LogP contribution is 1.61.